The van der Waals surface area contributed by atoms with Gasteiger partial charge in [-0.15, -0.1) is 12.6 Å². The largest absolute Gasteiger partial charge is 0.466 e. The Balaban J connectivity index is 3.10. The molecule has 0 N–H and O–H groups in total. The second-order valence-electron chi connectivity index (χ2n) is 3.25. The summed E-state index contributed by atoms with van der Waals surface area (Å²) in [5, 5.41) is 8.79. The van der Waals surface area contributed by atoms with Gasteiger partial charge in [0.1, 0.15) is 6.07 Å². The van der Waals surface area contributed by atoms with E-state index in [4.69, 9.17) is 10.00 Å². The number of hydrogen-bond donors (Lipinski definition) is 1. The molecule has 5 heteroatoms. The van der Waals surface area contributed by atoms with Gasteiger partial charge in [0, 0.05) is 10.5 Å². The lowest BCUT2D eigenvalue weighted by molar-refractivity contribution is -0.142. The van der Waals surface area contributed by atoms with Crippen LogP contribution in [0.4, 0.5) is 0 Å². The molecule has 0 aliphatic heterocycles. The van der Waals surface area contributed by atoms with Crippen LogP contribution in [0.5, 0.6) is 0 Å². The molecule has 0 aromatic heterocycles. The average molecular weight is 249 g/mol. The molecule has 0 spiro atoms. The Morgan fingerprint density at radius 2 is 2.29 bits per heavy atom. The first-order chi connectivity index (χ1) is 8.13. The van der Waals surface area contributed by atoms with Crippen LogP contribution in [-0.4, -0.2) is 18.9 Å². The summed E-state index contributed by atoms with van der Waals surface area (Å²) in [7, 11) is 0. The first-order valence-corrected chi connectivity index (χ1v) is 5.44. The van der Waals surface area contributed by atoms with E-state index in [2.05, 4.69) is 12.6 Å². The minimum atomic E-state index is -0.409. The number of esters is 1. The van der Waals surface area contributed by atoms with Gasteiger partial charge >= 0.3 is 5.97 Å². The van der Waals surface area contributed by atoms with Crippen LogP contribution in [0.25, 0.3) is 0 Å². The van der Waals surface area contributed by atoms with Crippen LogP contribution in [0.2, 0.25) is 0 Å². The van der Waals surface area contributed by atoms with Gasteiger partial charge in [-0.2, -0.15) is 5.26 Å². The van der Waals surface area contributed by atoms with E-state index in [0.717, 1.165) is 0 Å². The van der Waals surface area contributed by atoms with Crippen molar-refractivity contribution in [3.63, 3.8) is 0 Å². The minimum Gasteiger partial charge on any atom is -0.466 e. The summed E-state index contributed by atoms with van der Waals surface area (Å²) < 4.78 is 4.80. The van der Waals surface area contributed by atoms with Crippen LogP contribution < -0.4 is 0 Å². The van der Waals surface area contributed by atoms with E-state index < -0.39 is 5.97 Å². The Labute approximate surface area is 105 Å². The van der Waals surface area contributed by atoms with Crippen LogP contribution in [0.15, 0.2) is 17.0 Å². The molecule has 0 amide bonds. The summed E-state index contributed by atoms with van der Waals surface area (Å²) in [4.78, 5) is 22.6. The van der Waals surface area contributed by atoms with Gasteiger partial charge in [-0.25, -0.2) is 0 Å². The lowest BCUT2D eigenvalue weighted by Gasteiger charge is -2.07. The molecular formula is C12H11NO3S. The van der Waals surface area contributed by atoms with Crippen LogP contribution >= 0.6 is 12.6 Å². The highest BCUT2D eigenvalue weighted by Crippen LogP contribution is 2.21. The second kappa shape index (κ2) is 6.06. The van der Waals surface area contributed by atoms with E-state index in [1.165, 1.54) is 6.07 Å². The van der Waals surface area contributed by atoms with Gasteiger partial charge in [-0.1, -0.05) is 6.07 Å². The van der Waals surface area contributed by atoms with Crippen LogP contribution in [0.1, 0.15) is 28.4 Å². The third-order valence-corrected chi connectivity index (χ3v) is 2.67. The Morgan fingerprint density at radius 3 is 2.82 bits per heavy atom. The number of rotatable bonds is 4. The molecule has 1 rings (SSSR count). The molecule has 4 nitrogen and oxygen atoms in total. The van der Waals surface area contributed by atoms with Crippen molar-refractivity contribution in [2.75, 3.05) is 6.61 Å². The van der Waals surface area contributed by atoms with Crippen molar-refractivity contribution in [3.05, 3.63) is 28.8 Å². The zero-order valence-corrected chi connectivity index (χ0v) is 10.2. The van der Waals surface area contributed by atoms with E-state index >= 15 is 0 Å². The van der Waals surface area contributed by atoms with E-state index in [0.29, 0.717) is 28.9 Å². The van der Waals surface area contributed by atoms with Gasteiger partial charge in [0.2, 0.25) is 0 Å². The second-order valence-corrected chi connectivity index (χ2v) is 3.69. The SMILES string of the molecule is CCOC(=O)Cc1ccc(C#N)c(S)c1C=O. The molecule has 17 heavy (non-hydrogen) atoms. The zero-order chi connectivity index (χ0) is 12.8. The van der Waals surface area contributed by atoms with Crippen LogP contribution in [-0.2, 0) is 16.0 Å². The Morgan fingerprint density at radius 1 is 1.59 bits per heavy atom. The molecule has 0 fully saturated rings. The number of nitriles is 1. The first-order valence-electron chi connectivity index (χ1n) is 4.99. The first kappa shape index (κ1) is 13.3. The quantitative estimate of drug-likeness (QED) is 0.501. The minimum absolute atomic E-state index is 0.00117. The smallest absolute Gasteiger partial charge is 0.310 e. The molecule has 0 saturated heterocycles. The standard InChI is InChI=1S/C12H11NO3S/c1-2-16-11(15)5-8-3-4-9(6-13)12(17)10(8)7-14/h3-4,7,17H,2,5H2,1H3. The number of nitrogens with zero attached hydrogens (tertiary/aromatic N) is 1. The summed E-state index contributed by atoms with van der Waals surface area (Å²) >= 11 is 4.11. The fourth-order valence-electron chi connectivity index (χ4n) is 1.39. The fourth-order valence-corrected chi connectivity index (χ4v) is 1.71. The van der Waals surface area contributed by atoms with Gasteiger partial charge in [0.05, 0.1) is 18.6 Å². The van der Waals surface area contributed by atoms with Crippen molar-refractivity contribution >= 4 is 24.9 Å². The van der Waals surface area contributed by atoms with Gasteiger partial charge in [0.15, 0.2) is 6.29 Å². The van der Waals surface area contributed by atoms with Crippen molar-refractivity contribution in [3.8, 4) is 6.07 Å². The molecule has 88 valence electrons. The Hall–Kier alpha value is -1.80. The summed E-state index contributed by atoms with van der Waals surface area (Å²) in [6.45, 7) is 2.00. The number of ether oxygens (including phenoxy) is 1. The van der Waals surface area contributed by atoms with Gasteiger partial charge in [0.25, 0.3) is 0 Å². The van der Waals surface area contributed by atoms with Crippen molar-refractivity contribution in [2.45, 2.75) is 18.2 Å². The van der Waals surface area contributed by atoms with Crippen LogP contribution in [0.3, 0.4) is 0 Å². The number of thiol groups is 1. The van der Waals surface area contributed by atoms with Crippen molar-refractivity contribution in [1.29, 1.82) is 5.26 Å². The van der Waals surface area contributed by atoms with Crippen molar-refractivity contribution in [1.82, 2.24) is 0 Å². The molecule has 0 aliphatic carbocycles. The average Bonchev–Trinajstić information content (AvgIpc) is 2.30. The number of hydrogen-bond acceptors (Lipinski definition) is 5. The summed E-state index contributed by atoms with van der Waals surface area (Å²) in [6.07, 6.45) is 0.596. The van der Waals surface area contributed by atoms with E-state index in [1.54, 1.807) is 13.0 Å². The van der Waals surface area contributed by atoms with Crippen LogP contribution in [0, 0.1) is 11.3 Å². The normalized spacial score (nSPS) is 9.47. The molecule has 0 saturated carbocycles. The third-order valence-electron chi connectivity index (χ3n) is 2.19. The van der Waals surface area contributed by atoms with Crippen molar-refractivity contribution in [2.24, 2.45) is 0 Å². The molecule has 0 unspecified atom stereocenters. The van der Waals surface area contributed by atoms with E-state index in [1.807, 2.05) is 6.07 Å². The molecule has 0 radical (unpaired) electrons. The number of carbonyl (C=O) groups excluding carboxylic acids is 2. The summed E-state index contributed by atoms with van der Waals surface area (Å²) in [5.41, 5.74) is 1.09. The topological polar surface area (TPSA) is 67.2 Å². The lowest BCUT2D eigenvalue weighted by atomic mass is 10.0. The highest BCUT2D eigenvalue weighted by Gasteiger charge is 2.13. The van der Waals surface area contributed by atoms with E-state index in [9.17, 15) is 9.59 Å². The molecule has 0 heterocycles. The highest BCUT2D eigenvalue weighted by molar-refractivity contribution is 7.80. The summed E-state index contributed by atoms with van der Waals surface area (Å²) in [5.74, 6) is -0.409. The Kier molecular flexibility index (Phi) is 4.73. The maximum atomic E-state index is 11.3. The molecule has 0 bridgehead atoms. The van der Waals surface area contributed by atoms with Gasteiger partial charge < -0.3 is 4.74 Å². The van der Waals surface area contributed by atoms with Crippen molar-refractivity contribution < 1.29 is 14.3 Å². The number of benzene rings is 1. The predicted molar refractivity (Wildman–Crippen MR) is 64.1 cm³/mol. The predicted octanol–water partition coefficient (Wildman–Crippen LogP) is 1.77. The molecule has 0 atom stereocenters. The number of carbonyl (C=O) groups is 2. The maximum Gasteiger partial charge on any atom is 0.310 e. The molecule has 1 aromatic rings. The fraction of sp³-hybridized carbons (Fsp3) is 0.250. The van der Waals surface area contributed by atoms with Gasteiger partial charge in [-0.3, -0.25) is 9.59 Å². The summed E-state index contributed by atoms with van der Waals surface area (Å²) in [6, 6.07) is 5.02. The molecular weight excluding hydrogens is 238 g/mol. The zero-order valence-electron chi connectivity index (χ0n) is 9.27. The monoisotopic (exact) mass is 249 g/mol. The molecule has 1 aromatic carbocycles. The number of aldehydes is 1. The maximum absolute atomic E-state index is 11.3. The van der Waals surface area contributed by atoms with E-state index in [-0.39, 0.29) is 12.0 Å². The lowest BCUT2D eigenvalue weighted by Crippen LogP contribution is -2.09. The van der Waals surface area contributed by atoms with Gasteiger partial charge in [-0.05, 0) is 18.6 Å². The third kappa shape index (κ3) is 3.08. The highest BCUT2D eigenvalue weighted by atomic mass is 32.1. The molecule has 0 aliphatic rings. The Bertz CT molecular complexity index is 491.